The largest absolute Gasteiger partial charge is 0.492 e. The molecule has 0 aliphatic heterocycles. The summed E-state index contributed by atoms with van der Waals surface area (Å²) >= 11 is 0. The molecule has 16 heteroatoms. The number of benzene rings is 2. The monoisotopic (exact) mass is 646 g/mol. The van der Waals surface area contributed by atoms with E-state index in [0.717, 1.165) is 17.0 Å². The summed E-state index contributed by atoms with van der Waals surface area (Å²) in [6.07, 6.45) is -10.4. The number of rotatable bonds is 17. The van der Waals surface area contributed by atoms with E-state index in [-0.39, 0.29) is 44.7 Å². The number of amides is 2. The highest BCUT2D eigenvalue weighted by molar-refractivity contribution is 5.74. The number of carbonyl (C=O) groups excluding carboxylic acids is 1. The minimum absolute atomic E-state index is 0.0833. The minimum atomic E-state index is -6.45. The molecule has 0 spiro atoms. The standard InChI is InChI=1S/C28H31F9N2O5/c1-2-43-23(24(40)41)15-18-5-9-21(10-6-18)44-14-13-39(25(42)38-17-19-7-8-20(29)16-22(19)30)12-4-3-11-26(31,32)27(33,34)28(35,36)37/h5-10,16,23H,2-4,11-15,17H2,1H3,(H,38,42)(H,40,41). The van der Waals surface area contributed by atoms with Crippen LogP contribution in [0.5, 0.6) is 5.75 Å². The molecule has 2 aromatic carbocycles. The van der Waals surface area contributed by atoms with Gasteiger partial charge in [0.05, 0.1) is 6.54 Å². The second kappa shape index (κ2) is 15.9. The minimum Gasteiger partial charge on any atom is -0.492 e. The van der Waals surface area contributed by atoms with Crippen LogP contribution in [0.2, 0.25) is 0 Å². The summed E-state index contributed by atoms with van der Waals surface area (Å²) in [7, 11) is 0. The van der Waals surface area contributed by atoms with Gasteiger partial charge in [0.15, 0.2) is 6.10 Å². The SMILES string of the molecule is CCOC(Cc1ccc(OCCN(CCCCC(F)(F)C(F)(F)C(F)(F)F)C(=O)NCc2ccc(F)cc2F)cc1)C(=O)O. The maximum absolute atomic E-state index is 13.9. The van der Waals surface area contributed by atoms with Crippen molar-refractivity contribution < 1.29 is 63.7 Å². The third-order valence-corrected chi connectivity index (χ3v) is 6.33. The number of urea groups is 1. The predicted octanol–water partition coefficient (Wildman–Crippen LogP) is 6.59. The molecule has 0 aliphatic carbocycles. The number of unbranched alkanes of at least 4 members (excludes halogenated alkanes) is 1. The van der Waals surface area contributed by atoms with E-state index in [2.05, 4.69) is 5.32 Å². The van der Waals surface area contributed by atoms with Crippen LogP contribution < -0.4 is 10.1 Å². The molecule has 2 amide bonds. The van der Waals surface area contributed by atoms with Crippen molar-refractivity contribution in [2.75, 3.05) is 26.3 Å². The Labute approximate surface area is 246 Å². The van der Waals surface area contributed by atoms with Crippen LogP contribution in [-0.4, -0.2) is 72.4 Å². The van der Waals surface area contributed by atoms with Gasteiger partial charge in [-0.3, -0.25) is 0 Å². The number of carboxylic acids is 1. The lowest BCUT2D eigenvalue weighted by Crippen LogP contribution is -2.51. The maximum atomic E-state index is 13.9. The first kappa shape index (κ1) is 36.5. The molecule has 0 aromatic heterocycles. The molecule has 7 nitrogen and oxygen atoms in total. The highest BCUT2D eigenvalue weighted by atomic mass is 19.4. The van der Waals surface area contributed by atoms with E-state index in [1.807, 2.05) is 0 Å². The Hall–Kier alpha value is -3.69. The highest BCUT2D eigenvalue weighted by Crippen LogP contribution is 2.48. The molecule has 0 heterocycles. The van der Waals surface area contributed by atoms with Crippen molar-refractivity contribution in [3.05, 3.63) is 65.2 Å². The Balaban J connectivity index is 2.01. The lowest BCUT2D eigenvalue weighted by molar-refractivity contribution is -0.355. The van der Waals surface area contributed by atoms with Crippen LogP contribution >= 0.6 is 0 Å². The summed E-state index contributed by atoms with van der Waals surface area (Å²) < 4.78 is 129. The topological polar surface area (TPSA) is 88.1 Å². The second-order valence-electron chi connectivity index (χ2n) is 9.59. The van der Waals surface area contributed by atoms with E-state index in [4.69, 9.17) is 9.47 Å². The van der Waals surface area contributed by atoms with Crippen molar-refractivity contribution >= 4 is 12.0 Å². The number of ether oxygens (including phenoxy) is 2. The fraction of sp³-hybridized carbons (Fsp3) is 0.500. The zero-order valence-electron chi connectivity index (χ0n) is 23.4. The Morgan fingerprint density at radius 3 is 2.18 bits per heavy atom. The zero-order chi connectivity index (χ0) is 33.1. The van der Waals surface area contributed by atoms with Crippen molar-refractivity contribution in [2.45, 2.75) is 63.3 Å². The maximum Gasteiger partial charge on any atom is 0.459 e. The summed E-state index contributed by atoms with van der Waals surface area (Å²) in [5.74, 6) is -14.2. The van der Waals surface area contributed by atoms with Crippen molar-refractivity contribution in [3.8, 4) is 5.75 Å². The molecule has 2 aromatic rings. The molecule has 0 bridgehead atoms. The number of hydrogen-bond acceptors (Lipinski definition) is 4. The lowest BCUT2D eigenvalue weighted by Gasteiger charge is -2.28. The first-order valence-corrected chi connectivity index (χ1v) is 13.3. The summed E-state index contributed by atoms with van der Waals surface area (Å²) in [4.78, 5) is 25.0. The quantitative estimate of drug-likeness (QED) is 0.150. The number of aliphatic carboxylic acids is 1. The molecule has 1 atom stereocenters. The molecule has 1 unspecified atom stereocenters. The summed E-state index contributed by atoms with van der Waals surface area (Å²) in [5, 5.41) is 11.6. The van der Waals surface area contributed by atoms with Gasteiger partial charge < -0.3 is 24.8 Å². The van der Waals surface area contributed by atoms with Crippen LogP contribution in [0.4, 0.5) is 44.3 Å². The normalized spacial score (nSPS) is 13.0. The smallest absolute Gasteiger partial charge is 0.459 e. The summed E-state index contributed by atoms with van der Waals surface area (Å²) in [6.45, 7) is 0.694. The van der Waals surface area contributed by atoms with Gasteiger partial charge in [0.2, 0.25) is 0 Å². The summed E-state index contributed by atoms with van der Waals surface area (Å²) in [6, 6.07) is 7.97. The molecule has 246 valence electrons. The number of nitrogens with zero attached hydrogens (tertiary/aromatic N) is 1. The lowest BCUT2D eigenvalue weighted by atomic mass is 10.0. The van der Waals surface area contributed by atoms with Gasteiger partial charge in [-0.15, -0.1) is 0 Å². The fourth-order valence-electron chi connectivity index (χ4n) is 3.90. The van der Waals surface area contributed by atoms with Crippen LogP contribution in [0.3, 0.4) is 0 Å². The van der Waals surface area contributed by atoms with Crippen molar-refractivity contribution in [3.63, 3.8) is 0 Å². The molecule has 0 saturated heterocycles. The van der Waals surface area contributed by atoms with Crippen LogP contribution in [0.25, 0.3) is 0 Å². The number of halogens is 9. The average molecular weight is 647 g/mol. The predicted molar refractivity (Wildman–Crippen MR) is 139 cm³/mol. The number of nitrogens with one attached hydrogen (secondary N) is 1. The third-order valence-electron chi connectivity index (χ3n) is 6.33. The van der Waals surface area contributed by atoms with Gasteiger partial charge >= 0.3 is 30.0 Å². The Bertz CT molecular complexity index is 1230. The molecule has 0 radical (unpaired) electrons. The third kappa shape index (κ3) is 10.5. The molecular weight excluding hydrogens is 615 g/mol. The Morgan fingerprint density at radius 2 is 1.61 bits per heavy atom. The van der Waals surface area contributed by atoms with E-state index >= 15 is 0 Å². The molecule has 0 aliphatic rings. The summed E-state index contributed by atoms with van der Waals surface area (Å²) in [5.41, 5.74) is 0.541. The molecule has 2 N–H and O–H groups in total. The van der Waals surface area contributed by atoms with Crippen LogP contribution in [0, 0.1) is 11.6 Å². The van der Waals surface area contributed by atoms with Crippen molar-refractivity contribution in [2.24, 2.45) is 0 Å². The van der Waals surface area contributed by atoms with Crippen molar-refractivity contribution in [1.29, 1.82) is 0 Å². The van der Waals surface area contributed by atoms with Crippen LogP contribution in [0.1, 0.15) is 37.3 Å². The number of hydrogen-bond donors (Lipinski definition) is 2. The first-order valence-electron chi connectivity index (χ1n) is 13.3. The van der Waals surface area contributed by atoms with Gasteiger partial charge in [-0.2, -0.15) is 30.7 Å². The van der Waals surface area contributed by atoms with E-state index in [0.29, 0.717) is 17.4 Å². The molecule has 2 rings (SSSR count). The molecule has 0 fully saturated rings. The molecular formula is C28H31F9N2O5. The van der Waals surface area contributed by atoms with Gasteiger partial charge in [-0.1, -0.05) is 18.2 Å². The Morgan fingerprint density at radius 1 is 0.955 bits per heavy atom. The van der Waals surface area contributed by atoms with Gasteiger partial charge in [0.25, 0.3) is 0 Å². The first-order chi connectivity index (χ1) is 20.5. The number of carboxylic acid groups (broad SMARTS) is 1. The number of carbonyl (C=O) groups is 2. The fourth-order valence-corrected chi connectivity index (χ4v) is 3.90. The van der Waals surface area contributed by atoms with E-state index in [1.165, 1.54) is 12.1 Å². The van der Waals surface area contributed by atoms with Gasteiger partial charge in [-0.25, -0.2) is 18.4 Å². The van der Waals surface area contributed by atoms with E-state index < -0.39 is 67.1 Å². The second-order valence-corrected chi connectivity index (χ2v) is 9.59. The van der Waals surface area contributed by atoms with Crippen molar-refractivity contribution in [1.82, 2.24) is 10.2 Å². The zero-order valence-corrected chi connectivity index (χ0v) is 23.4. The van der Waals surface area contributed by atoms with Crippen LogP contribution in [0.15, 0.2) is 42.5 Å². The number of alkyl halides is 7. The van der Waals surface area contributed by atoms with Gasteiger partial charge in [0, 0.05) is 44.2 Å². The van der Waals surface area contributed by atoms with Crippen LogP contribution in [-0.2, 0) is 22.5 Å². The highest BCUT2D eigenvalue weighted by Gasteiger charge is 2.72. The molecule has 44 heavy (non-hydrogen) atoms. The Kier molecular flexibility index (Phi) is 13.2. The van der Waals surface area contributed by atoms with E-state index in [1.54, 1.807) is 19.1 Å². The van der Waals surface area contributed by atoms with Gasteiger partial charge in [-0.05, 0) is 43.5 Å². The molecule has 0 saturated carbocycles. The van der Waals surface area contributed by atoms with Gasteiger partial charge in [0.1, 0.15) is 24.0 Å². The average Bonchev–Trinajstić information content (AvgIpc) is 2.93. The van der Waals surface area contributed by atoms with E-state index in [9.17, 15) is 54.2 Å².